The summed E-state index contributed by atoms with van der Waals surface area (Å²) in [5.41, 5.74) is 4.26. The van der Waals surface area contributed by atoms with Crippen molar-refractivity contribution < 1.29 is 4.79 Å². The number of aromatic nitrogens is 2. The number of amides is 1. The first-order chi connectivity index (χ1) is 12.9. The minimum atomic E-state index is -0.178. The van der Waals surface area contributed by atoms with Crippen molar-refractivity contribution in [2.24, 2.45) is 0 Å². The average molecular weight is 381 g/mol. The average Bonchev–Trinajstić information content (AvgIpc) is 2.65. The Kier molecular flexibility index (Phi) is 5.72. The number of benzene rings is 2. The van der Waals surface area contributed by atoms with Crippen LogP contribution in [0.5, 0.6) is 0 Å². The van der Waals surface area contributed by atoms with Gasteiger partial charge in [-0.15, -0.1) is 0 Å². The van der Waals surface area contributed by atoms with Crippen LogP contribution in [-0.4, -0.2) is 27.8 Å². The van der Waals surface area contributed by atoms with Gasteiger partial charge < -0.3 is 10.2 Å². The zero-order valence-electron chi connectivity index (χ0n) is 15.5. The quantitative estimate of drug-likeness (QED) is 0.693. The molecule has 0 unspecified atom stereocenters. The molecule has 1 N–H and O–H groups in total. The lowest BCUT2D eigenvalue weighted by atomic mass is 10.1. The Labute approximate surface area is 164 Å². The second kappa shape index (κ2) is 8.18. The van der Waals surface area contributed by atoms with E-state index in [4.69, 9.17) is 11.6 Å². The van der Waals surface area contributed by atoms with Crippen LogP contribution in [-0.2, 0) is 6.54 Å². The molecule has 6 heteroatoms. The summed E-state index contributed by atoms with van der Waals surface area (Å²) in [6, 6.07) is 13.7. The highest BCUT2D eigenvalue weighted by Crippen LogP contribution is 2.29. The van der Waals surface area contributed by atoms with Crippen LogP contribution in [0.15, 0.2) is 54.9 Å². The molecule has 0 atom stereocenters. The van der Waals surface area contributed by atoms with Gasteiger partial charge in [-0.1, -0.05) is 48.0 Å². The molecule has 0 aliphatic heterocycles. The minimum Gasteiger partial charge on any atom is -0.338 e. The maximum Gasteiger partial charge on any atom is 0.274 e. The maximum atomic E-state index is 12.5. The van der Waals surface area contributed by atoms with Crippen molar-refractivity contribution in [3.8, 4) is 0 Å². The first kappa shape index (κ1) is 18.9. The van der Waals surface area contributed by atoms with E-state index < -0.39 is 0 Å². The van der Waals surface area contributed by atoms with Gasteiger partial charge in [0.2, 0.25) is 0 Å². The minimum absolute atomic E-state index is 0.178. The van der Waals surface area contributed by atoms with E-state index in [2.05, 4.69) is 15.3 Å². The first-order valence-electron chi connectivity index (χ1n) is 8.59. The highest BCUT2D eigenvalue weighted by Gasteiger charge is 2.14. The van der Waals surface area contributed by atoms with Gasteiger partial charge in [-0.2, -0.15) is 0 Å². The smallest absolute Gasteiger partial charge is 0.274 e. The predicted molar refractivity (Wildman–Crippen MR) is 108 cm³/mol. The van der Waals surface area contributed by atoms with E-state index in [1.165, 1.54) is 6.20 Å². The highest BCUT2D eigenvalue weighted by atomic mass is 35.5. The number of carbonyl (C=O) groups is 1. The van der Waals surface area contributed by atoms with Crippen molar-refractivity contribution >= 4 is 29.0 Å². The summed E-state index contributed by atoms with van der Waals surface area (Å²) >= 11 is 6.31. The number of rotatable bonds is 5. The lowest BCUT2D eigenvalue weighted by Crippen LogP contribution is -2.27. The van der Waals surface area contributed by atoms with E-state index in [0.717, 1.165) is 22.4 Å². The topological polar surface area (TPSA) is 58.1 Å². The molecule has 0 fully saturated rings. The lowest BCUT2D eigenvalue weighted by Gasteiger charge is -2.17. The molecule has 27 heavy (non-hydrogen) atoms. The molecule has 1 heterocycles. The normalized spacial score (nSPS) is 10.5. The van der Waals surface area contributed by atoms with Crippen LogP contribution in [0, 0.1) is 13.8 Å². The molecule has 1 amide bonds. The van der Waals surface area contributed by atoms with Crippen LogP contribution in [0.4, 0.5) is 11.5 Å². The zero-order valence-corrected chi connectivity index (χ0v) is 16.3. The Hall–Kier alpha value is -2.92. The summed E-state index contributed by atoms with van der Waals surface area (Å²) in [6.07, 6.45) is 3.02. The Balaban J connectivity index is 1.71. The molecular formula is C21H21ClN4O. The van der Waals surface area contributed by atoms with E-state index in [1.807, 2.05) is 56.3 Å². The number of carbonyl (C=O) groups excluding carboxylic acids is 1. The molecule has 5 nitrogen and oxygen atoms in total. The number of nitrogens with one attached hydrogen (secondary N) is 1. The Morgan fingerprint density at radius 2 is 1.85 bits per heavy atom. The fourth-order valence-corrected chi connectivity index (χ4v) is 3.20. The summed E-state index contributed by atoms with van der Waals surface area (Å²) < 4.78 is 0. The van der Waals surface area contributed by atoms with E-state index in [-0.39, 0.29) is 5.91 Å². The zero-order chi connectivity index (χ0) is 19.4. The van der Waals surface area contributed by atoms with Gasteiger partial charge in [-0.3, -0.25) is 4.79 Å². The Bertz CT molecular complexity index is 919. The molecule has 0 aliphatic rings. The number of anilines is 2. The Morgan fingerprint density at radius 1 is 1.11 bits per heavy atom. The van der Waals surface area contributed by atoms with Gasteiger partial charge in [-0.25, -0.2) is 9.97 Å². The summed E-state index contributed by atoms with van der Waals surface area (Å²) in [6.45, 7) is 4.49. The van der Waals surface area contributed by atoms with Crippen molar-refractivity contribution in [2.75, 3.05) is 12.4 Å². The monoisotopic (exact) mass is 380 g/mol. The molecule has 3 aromatic rings. The summed E-state index contributed by atoms with van der Waals surface area (Å²) in [7, 11) is 1.75. The first-order valence-corrected chi connectivity index (χ1v) is 8.97. The van der Waals surface area contributed by atoms with E-state index in [1.54, 1.807) is 18.1 Å². The fraction of sp³-hybridized carbons (Fsp3) is 0.190. The number of halogens is 1. The molecule has 0 spiro atoms. The molecule has 3 rings (SSSR count). The van der Waals surface area contributed by atoms with Gasteiger partial charge in [0.15, 0.2) is 0 Å². The highest BCUT2D eigenvalue weighted by molar-refractivity contribution is 6.33. The van der Waals surface area contributed by atoms with E-state index in [9.17, 15) is 4.79 Å². The molecule has 0 aliphatic carbocycles. The van der Waals surface area contributed by atoms with Gasteiger partial charge >= 0.3 is 0 Å². The molecule has 0 bridgehead atoms. The third kappa shape index (κ3) is 4.63. The van der Waals surface area contributed by atoms with Gasteiger partial charge in [0.25, 0.3) is 5.91 Å². The third-order valence-corrected chi connectivity index (χ3v) is 4.46. The van der Waals surface area contributed by atoms with Crippen molar-refractivity contribution in [3.05, 3.63) is 82.3 Å². The van der Waals surface area contributed by atoms with E-state index >= 15 is 0 Å². The number of nitrogens with zero attached hydrogens (tertiary/aromatic N) is 3. The molecule has 0 saturated heterocycles. The van der Waals surface area contributed by atoms with Gasteiger partial charge in [-0.05, 0) is 36.6 Å². The number of aryl methyl sites for hydroxylation is 2. The molecule has 2 aromatic carbocycles. The van der Waals surface area contributed by atoms with Crippen LogP contribution >= 0.6 is 11.6 Å². The second-order valence-electron chi connectivity index (χ2n) is 6.50. The summed E-state index contributed by atoms with van der Waals surface area (Å²) in [5, 5.41) is 3.79. The SMILES string of the molecule is Cc1cc(C)c(Nc2cnc(C(=O)N(C)Cc3ccccc3)cn2)c(Cl)c1. The molecule has 1 aromatic heterocycles. The maximum absolute atomic E-state index is 12.5. The molecule has 0 saturated carbocycles. The van der Waals surface area contributed by atoms with Crippen LogP contribution in [0.3, 0.4) is 0 Å². The van der Waals surface area contributed by atoms with Gasteiger partial charge in [0, 0.05) is 13.6 Å². The van der Waals surface area contributed by atoms with Crippen LogP contribution in [0.2, 0.25) is 5.02 Å². The third-order valence-electron chi connectivity index (χ3n) is 4.17. The summed E-state index contributed by atoms with van der Waals surface area (Å²) in [4.78, 5) is 22.7. The fourth-order valence-electron chi connectivity index (χ4n) is 2.83. The number of hydrogen-bond acceptors (Lipinski definition) is 4. The second-order valence-corrected chi connectivity index (χ2v) is 6.90. The van der Waals surface area contributed by atoms with Crippen LogP contribution < -0.4 is 5.32 Å². The molecule has 0 radical (unpaired) electrons. The van der Waals surface area contributed by atoms with Crippen LogP contribution in [0.25, 0.3) is 0 Å². The van der Waals surface area contributed by atoms with Crippen molar-refractivity contribution in [1.82, 2.24) is 14.9 Å². The molecular weight excluding hydrogens is 360 g/mol. The van der Waals surface area contributed by atoms with Gasteiger partial charge in [0.1, 0.15) is 11.5 Å². The van der Waals surface area contributed by atoms with Crippen molar-refractivity contribution in [2.45, 2.75) is 20.4 Å². The number of hydrogen-bond donors (Lipinski definition) is 1. The van der Waals surface area contributed by atoms with Crippen molar-refractivity contribution in [3.63, 3.8) is 0 Å². The van der Waals surface area contributed by atoms with E-state index in [0.29, 0.717) is 23.1 Å². The Morgan fingerprint density at radius 3 is 2.48 bits per heavy atom. The molecule has 138 valence electrons. The lowest BCUT2D eigenvalue weighted by molar-refractivity contribution is 0.0779. The largest absolute Gasteiger partial charge is 0.338 e. The predicted octanol–water partition coefficient (Wildman–Crippen LogP) is 4.76. The summed E-state index contributed by atoms with van der Waals surface area (Å²) in [5.74, 6) is 0.355. The van der Waals surface area contributed by atoms with Crippen LogP contribution in [0.1, 0.15) is 27.2 Å². The van der Waals surface area contributed by atoms with Gasteiger partial charge in [0.05, 0.1) is 23.1 Å². The standard InChI is InChI=1S/C21H21ClN4O/c1-14-9-15(2)20(17(22)10-14)25-19-12-23-18(11-24-19)21(27)26(3)13-16-7-5-4-6-8-16/h4-12H,13H2,1-3H3,(H,24,25). The van der Waals surface area contributed by atoms with Crippen molar-refractivity contribution in [1.29, 1.82) is 0 Å².